The van der Waals surface area contributed by atoms with Gasteiger partial charge in [-0.15, -0.1) is 11.8 Å². The van der Waals surface area contributed by atoms with Crippen LogP contribution in [-0.2, 0) is 4.79 Å². The van der Waals surface area contributed by atoms with Crippen molar-refractivity contribution in [2.45, 2.75) is 62.9 Å². The van der Waals surface area contributed by atoms with Crippen molar-refractivity contribution >= 4 is 34.9 Å². The number of thiophene rings is 1. The van der Waals surface area contributed by atoms with Gasteiger partial charge < -0.3 is 10.2 Å². The van der Waals surface area contributed by atoms with E-state index in [1.807, 2.05) is 36.2 Å². The van der Waals surface area contributed by atoms with E-state index in [1.54, 1.807) is 11.3 Å². The Morgan fingerprint density at radius 3 is 2.52 bits per heavy atom. The number of rotatable bonds is 11. The monoisotopic (exact) mass is 487 g/mol. The summed E-state index contributed by atoms with van der Waals surface area (Å²) < 4.78 is 0. The minimum absolute atomic E-state index is 0.0847. The molecule has 1 aliphatic rings. The van der Waals surface area contributed by atoms with Gasteiger partial charge in [-0.2, -0.15) is 11.3 Å². The van der Waals surface area contributed by atoms with Gasteiger partial charge in [-0.1, -0.05) is 45.2 Å². The maximum absolute atomic E-state index is 13.1. The van der Waals surface area contributed by atoms with E-state index in [-0.39, 0.29) is 17.9 Å². The lowest BCUT2D eigenvalue weighted by Crippen LogP contribution is -2.39. The number of carbonyl (C=O) groups is 2. The van der Waals surface area contributed by atoms with Crippen LogP contribution in [0.2, 0.25) is 0 Å². The predicted octanol–water partition coefficient (Wildman–Crippen LogP) is 5.44. The van der Waals surface area contributed by atoms with E-state index in [9.17, 15) is 9.59 Å². The number of hydrogen-bond acceptors (Lipinski definition) is 5. The van der Waals surface area contributed by atoms with Gasteiger partial charge in [0.2, 0.25) is 5.91 Å². The van der Waals surface area contributed by atoms with Crippen molar-refractivity contribution in [3.63, 3.8) is 0 Å². The van der Waals surface area contributed by atoms with E-state index in [0.717, 1.165) is 30.8 Å². The van der Waals surface area contributed by atoms with Crippen LogP contribution in [0.15, 0.2) is 46.0 Å². The zero-order chi connectivity index (χ0) is 23.6. The van der Waals surface area contributed by atoms with Crippen molar-refractivity contribution < 1.29 is 9.59 Å². The summed E-state index contributed by atoms with van der Waals surface area (Å²) in [6.07, 6.45) is 5.89. The van der Waals surface area contributed by atoms with Crippen molar-refractivity contribution in [1.29, 1.82) is 0 Å². The summed E-state index contributed by atoms with van der Waals surface area (Å²) in [5, 5.41) is 7.40. The third kappa shape index (κ3) is 7.08. The van der Waals surface area contributed by atoms with E-state index in [1.165, 1.54) is 36.6 Å². The molecule has 1 aromatic heterocycles. The number of nitrogens with zero attached hydrogens (tertiary/aromatic N) is 2. The Bertz CT molecular complexity index is 877. The predicted molar refractivity (Wildman–Crippen MR) is 139 cm³/mol. The smallest absolute Gasteiger partial charge is 0.252 e. The molecule has 3 rings (SSSR count). The van der Waals surface area contributed by atoms with E-state index in [0.29, 0.717) is 23.9 Å². The van der Waals surface area contributed by atoms with Crippen molar-refractivity contribution in [3.8, 4) is 0 Å². The van der Waals surface area contributed by atoms with Crippen molar-refractivity contribution in [2.75, 3.05) is 32.4 Å². The molecule has 7 heteroatoms. The van der Waals surface area contributed by atoms with Gasteiger partial charge in [-0.3, -0.25) is 14.5 Å². The van der Waals surface area contributed by atoms with Gasteiger partial charge in [0.05, 0.1) is 17.4 Å². The fourth-order valence-corrected chi connectivity index (χ4v) is 6.25. The van der Waals surface area contributed by atoms with Gasteiger partial charge in [-0.25, -0.2) is 0 Å². The van der Waals surface area contributed by atoms with Crippen LogP contribution in [0, 0.1) is 0 Å². The number of benzene rings is 1. The molecule has 1 aliphatic carbocycles. The quantitative estimate of drug-likeness (QED) is 0.429. The zero-order valence-corrected chi connectivity index (χ0v) is 21.7. The summed E-state index contributed by atoms with van der Waals surface area (Å²) in [7, 11) is 1.93. The third-order valence-corrected chi connectivity index (χ3v) is 8.40. The van der Waals surface area contributed by atoms with E-state index < -0.39 is 0 Å². The number of carbonyl (C=O) groups excluding carboxylic acids is 2. The first-order valence-corrected chi connectivity index (χ1v) is 14.0. The number of hydrogen-bond donors (Lipinski definition) is 1. The molecule has 1 N–H and O–H groups in total. The van der Waals surface area contributed by atoms with Crippen LogP contribution < -0.4 is 5.32 Å². The molecule has 0 radical (unpaired) electrons. The van der Waals surface area contributed by atoms with Crippen LogP contribution in [0.5, 0.6) is 0 Å². The molecule has 1 unspecified atom stereocenters. The zero-order valence-electron chi connectivity index (χ0n) is 20.1. The maximum atomic E-state index is 13.1. The minimum Gasteiger partial charge on any atom is -0.350 e. The lowest BCUT2D eigenvalue weighted by Gasteiger charge is -2.31. The van der Waals surface area contributed by atoms with Gasteiger partial charge >= 0.3 is 0 Å². The summed E-state index contributed by atoms with van der Waals surface area (Å²) in [6, 6.07) is 10.3. The number of thioether (sulfide) groups is 1. The summed E-state index contributed by atoms with van der Waals surface area (Å²) in [6.45, 7) is 6.71. The Morgan fingerprint density at radius 2 is 1.85 bits per heavy atom. The highest BCUT2D eigenvalue weighted by Crippen LogP contribution is 2.26. The molecule has 1 atom stereocenters. The van der Waals surface area contributed by atoms with Crippen LogP contribution in [0.3, 0.4) is 0 Å². The molecule has 5 nitrogen and oxygen atoms in total. The summed E-state index contributed by atoms with van der Waals surface area (Å²) in [5.74, 6) is 0.411. The fourth-order valence-electron chi connectivity index (χ4n) is 4.56. The lowest BCUT2D eigenvalue weighted by atomic mass is 9.94. The Labute approximate surface area is 206 Å². The highest BCUT2D eigenvalue weighted by molar-refractivity contribution is 8.00. The first kappa shape index (κ1) is 25.8. The number of nitrogens with one attached hydrogen (secondary N) is 1. The SMILES string of the molecule is CCN(CC)C(CNC(=O)c1ccccc1SCC(=O)N(C)C1CCCCC1)c1ccsc1. The van der Waals surface area contributed by atoms with Gasteiger partial charge in [0.25, 0.3) is 5.91 Å². The molecular weight excluding hydrogens is 450 g/mol. The van der Waals surface area contributed by atoms with Crippen molar-refractivity contribution in [3.05, 3.63) is 52.2 Å². The maximum Gasteiger partial charge on any atom is 0.252 e. The largest absolute Gasteiger partial charge is 0.350 e. The summed E-state index contributed by atoms with van der Waals surface area (Å²) in [5.41, 5.74) is 1.88. The molecule has 0 bridgehead atoms. The first-order chi connectivity index (χ1) is 16.0. The molecule has 1 aromatic carbocycles. The average Bonchev–Trinajstić information content (AvgIpc) is 3.39. The molecule has 33 heavy (non-hydrogen) atoms. The third-order valence-electron chi connectivity index (χ3n) is 6.64. The Hall–Kier alpha value is -1.83. The van der Waals surface area contributed by atoms with Crippen LogP contribution in [0.25, 0.3) is 0 Å². The fraction of sp³-hybridized carbons (Fsp3) is 0.538. The molecule has 0 saturated heterocycles. The molecule has 2 amide bonds. The van der Waals surface area contributed by atoms with Crippen LogP contribution in [-0.4, -0.2) is 60.1 Å². The van der Waals surface area contributed by atoms with E-state index in [2.05, 4.69) is 40.9 Å². The first-order valence-electron chi connectivity index (χ1n) is 12.1. The normalized spacial score (nSPS) is 15.4. The van der Waals surface area contributed by atoms with Crippen molar-refractivity contribution in [2.24, 2.45) is 0 Å². The van der Waals surface area contributed by atoms with Gasteiger partial charge in [-0.05, 0) is 60.5 Å². The standard InChI is InChI=1S/C26H37N3O2S2/c1-4-29(5-2)23(20-15-16-32-18-20)17-27-26(31)22-13-9-10-14-24(22)33-19-25(30)28(3)21-11-7-6-8-12-21/h9-10,13-16,18,21,23H,4-8,11-12,17,19H2,1-3H3,(H,27,31). The second kappa shape index (κ2) is 13.2. The highest BCUT2D eigenvalue weighted by Gasteiger charge is 2.23. The summed E-state index contributed by atoms with van der Waals surface area (Å²) in [4.78, 5) is 31.1. The van der Waals surface area contributed by atoms with Crippen LogP contribution >= 0.6 is 23.1 Å². The molecule has 1 fully saturated rings. The Morgan fingerprint density at radius 1 is 1.12 bits per heavy atom. The van der Waals surface area contributed by atoms with Crippen LogP contribution in [0.4, 0.5) is 0 Å². The van der Waals surface area contributed by atoms with E-state index in [4.69, 9.17) is 0 Å². The Balaban J connectivity index is 1.61. The molecule has 0 aliphatic heterocycles. The van der Waals surface area contributed by atoms with Crippen molar-refractivity contribution in [1.82, 2.24) is 15.1 Å². The second-order valence-corrected chi connectivity index (χ2v) is 10.4. The Kier molecular flexibility index (Phi) is 10.3. The highest BCUT2D eigenvalue weighted by atomic mass is 32.2. The lowest BCUT2D eigenvalue weighted by molar-refractivity contribution is -0.129. The second-order valence-electron chi connectivity index (χ2n) is 8.59. The molecule has 180 valence electrons. The van der Waals surface area contributed by atoms with Gasteiger partial charge in [0, 0.05) is 24.5 Å². The molecule has 0 spiro atoms. The molecule has 2 aromatic rings. The molecule has 1 saturated carbocycles. The van der Waals surface area contributed by atoms with Gasteiger partial charge in [0.15, 0.2) is 0 Å². The topological polar surface area (TPSA) is 52.7 Å². The van der Waals surface area contributed by atoms with Crippen LogP contribution in [0.1, 0.15) is 67.9 Å². The van der Waals surface area contributed by atoms with E-state index >= 15 is 0 Å². The number of likely N-dealkylation sites (N-methyl/N-ethyl adjacent to an activating group) is 1. The van der Waals surface area contributed by atoms with Gasteiger partial charge in [0.1, 0.15) is 0 Å². The summed E-state index contributed by atoms with van der Waals surface area (Å²) >= 11 is 3.14. The molecular formula is C26H37N3O2S2. The number of amides is 2. The molecule has 1 heterocycles. The minimum atomic E-state index is -0.0847. The average molecular weight is 488 g/mol.